The van der Waals surface area contributed by atoms with Crippen molar-refractivity contribution < 1.29 is 0 Å². The minimum Gasteiger partial charge on any atom is -0.313 e. The molecule has 2 aromatic heterocycles. The van der Waals surface area contributed by atoms with Gasteiger partial charge in [-0.3, -0.25) is 4.98 Å². The van der Waals surface area contributed by atoms with E-state index in [1.807, 2.05) is 12.3 Å². The highest BCUT2D eigenvalue weighted by molar-refractivity contribution is 6.99. The fourth-order valence-electron chi connectivity index (χ4n) is 10.2. The molecule has 0 bridgehead atoms. The topological polar surface area (TPSA) is 21.1 Å². The first kappa shape index (κ1) is 30.5. The molecule has 0 N–H and O–H groups in total. The van der Waals surface area contributed by atoms with Crippen molar-refractivity contribution in [1.82, 2.24) is 9.55 Å². The average Bonchev–Trinajstić information content (AvgIpc) is 3.53. The summed E-state index contributed by atoms with van der Waals surface area (Å²) >= 11 is 0. The van der Waals surface area contributed by atoms with Crippen LogP contribution in [0.15, 0.2) is 134 Å². The lowest BCUT2D eigenvalue weighted by Gasteiger charge is -2.48. The first-order valence-corrected chi connectivity index (χ1v) is 19.0. The fourth-order valence-corrected chi connectivity index (χ4v) is 10.2. The Morgan fingerprint density at radius 2 is 1.53 bits per heavy atom. The number of fused-ring (bicyclic) bond motifs is 7. The van der Waals surface area contributed by atoms with Crippen molar-refractivity contribution in [2.75, 3.05) is 4.90 Å². The number of aromatic nitrogens is 2. The van der Waals surface area contributed by atoms with Crippen molar-refractivity contribution in [2.24, 2.45) is 0 Å². The largest absolute Gasteiger partial charge is 0.313 e. The number of pyridine rings is 1. The summed E-state index contributed by atoms with van der Waals surface area (Å²) in [6, 6.07) is 48.1. The Bertz CT molecular complexity index is 2450. The van der Waals surface area contributed by atoms with Crippen LogP contribution in [-0.4, -0.2) is 16.3 Å². The summed E-state index contributed by atoms with van der Waals surface area (Å²) in [5.41, 5.74) is 18.8. The monoisotopic (exact) mass is 659 g/mol. The van der Waals surface area contributed by atoms with Gasteiger partial charge in [0, 0.05) is 51.0 Å². The molecule has 4 heterocycles. The Balaban J connectivity index is 1.28. The standard InChI is InChI=1S/C47H42BN3/c1-3-28-47(4-2)37-19-14-23-45-46(37)48(39-26-24-32(30-38(39)47)41-20-12-13-29-49-41)40-31-34(25-27-44(40)50(45)33-15-6-5-7-16-33)51-42-21-10-8-17-35(42)36-18-9-11-22-43(36)51/h5-8,10,12-17,19-21,23-27,29-31H,3-4,9,11,18,22,28H2,1-2H3. The van der Waals surface area contributed by atoms with E-state index in [0.717, 1.165) is 37.8 Å². The predicted molar refractivity (Wildman–Crippen MR) is 215 cm³/mol. The van der Waals surface area contributed by atoms with Crippen molar-refractivity contribution >= 4 is 51.1 Å². The highest BCUT2D eigenvalue weighted by Gasteiger charge is 2.48. The van der Waals surface area contributed by atoms with Gasteiger partial charge in [0.1, 0.15) is 0 Å². The zero-order chi connectivity index (χ0) is 34.1. The summed E-state index contributed by atoms with van der Waals surface area (Å²) in [6.45, 7) is 4.87. The minimum absolute atomic E-state index is 0.0934. The van der Waals surface area contributed by atoms with Crippen LogP contribution < -0.4 is 21.3 Å². The summed E-state index contributed by atoms with van der Waals surface area (Å²) in [4.78, 5) is 7.34. The molecule has 1 aliphatic carbocycles. The van der Waals surface area contributed by atoms with E-state index in [4.69, 9.17) is 4.98 Å². The van der Waals surface area contributed by atoms with Crippen LogP contribution in [0.3, 0.4) is 0 Å². The Morgan fingerprint density at radius 3 is 2.37 bits per heavy atom. The van der Waals surface area contributed by atoms with Gasteiger partial charge in [-0.05, 0) is 127 Å². The van der Waals surface area contributed by atoms with Gasteiger partial charge in [-0.1, -0.05) is 92.5 Å². The third kappa shape index (κ3) is 4.42. The molecule has 0 fully saturated rings. The zero-order valence-corrected chi connectivity index (χ0v) is 29.6. The molecule has 0 spiro atoms. The van der Waals surface area contributed by atoms with Crippen LogP contribution in [0.5, 0.6) is 0 Å². The molecule has 1 atom stereocenters. The van der Waals surface area contributed by atoms with Crippen LogP contribution in [0.2, 0.25) is 0 Å². The lowest BCUT2D eigenvalue weighted by atomic mass is 9.29. The van der Waals surface area contributed by atoms with E-state index in [1.165, 1.54) is 85.3 Å². The number of nitrogens with zero attached hydrogens (tertiary/aromatic N) is 3. The Morgan fingerprint density at radius 1 is 0.686 bits per heavy atom. The molecule has 0 radical (unpaired) electrons. The van der Waals surface area contributed by atoms with Crippen molar-refractivity contribution in [3.63, 3.8) is 0 Å². The molecule has 3 aliphatic rings. The molecular formula is C47H42BN3. The van der Waals surface area contributed by atoms with Gasteiger partial charge in [-0.2, -0.15) is 0 Å². The molecule has 51 heavy (non-hydrogen) atoms. The van der Waals surface area contributed by atoms with E-state index < -0.39 is 0 Å². The summed E-state index contributed by atoms with van der Waals surface area (Å²) in [7, 11) is 0. The molecule has 7 aromatic rings. The SMILES string of the molecule is CCCC1(CC)c2cc(-c3ccccn3)ccc2B2c3cc(-n4c5c(c6ccccc64)CCCC5)ccc3N(c3ccccc3)c3cccc1c32. The van der Waals surface area contributed by atoms with Crippen molar-refractivity contribution in [3.8, 4) is 16.9 Å². The smallest absolute Gasteiger partial charge is 0.247 e. The second kappa shape index (κ2) is 11.9. The normalized spacial score (nSPS) is 17.1. The number of hydrogen-bond donors (Lipinski definition) is 0. The Labute approximate surface area is 301 Å². The molecule has 1 unspecified atom stereocenters. The van der Waals surface area contributed by atoms with Crippen molar-refractivity contribution in [2.45, 2.75) is 64.2 Å². The summed E-state index contributed by atoms with van der Waals surface area (Å²) in [5, 5.41) is 1.42. The van der Waals surface area contributed by atoms with Crippen molar-refractivity contribution in [3.05, 3.63) is 156 Å². The molecule has 3 nitrogen and oxygen atoms in total. The molecular weight excluding hydrogens is 617 g/mol. The van der Waals surface area contributed by atoms with E-state index in [9.17, 15) is 0 Å². The fraction of sp³-hybridized carbons (Fsp3) is 0.213. The van der Waals surface area contributed by atoms with Crippen LogP contribution in [0.25, 0.3) is 27.8 Å². The van der Waals surface area contributed by atoms with Crippen LogP contribution >= 0.6 is 0 Å². The Hall–Kier alpha value is -5.35. The van der Waals surface area contributed by atoms with E-state index in [0.29, 0.717) is 0 Å². The van der Waals surface area contributed by atoms with E-state index >= 15 is 0 Å². The van der Waals surface area contributed by atoms with Gasteiger partial charge in [0.05, 0.1) is 11.2 Å². The van der Waals surface area contributed by atoms with E-state index in [-0.39, 0.29) is 12.1 Å². The second-order valence-electron chi connectivity index (χ2n) is 14.8. The summed E-state index contributed by atoms with van der Waals surface area (Å²) in [6.07, 6.45) is 9.99. The maximum Gasteiger partial charge on any atom is 0.247 e. The number of anilines is 3. The highest BCUT2D eigenvalue weighted by Crippen LogP contribution is 2.47. The highest BCUT2D eigenvalue weighted by atomic mass is 15.2. The molecule has 0 saturated heterocycles. The number of para-hydroxylation sites is 2. The van der Waals surface area contributed by atoms with E-state index in [1.54, 1.807) is 5.56 Å². The Kier molecular flexibility index (Phi) is 7.10. The van der Waals surface area contributed by atoms with Gasteiger partial charge in [0.2, 0.25) is 6.71 Å². The molecule has 5 aromatic carbocycles. The van der Waals surface area contributed by atoms with Gasteiger partial charge >= 0.3 is 0 Å². The molecule has 10 rings (SSSR count). The molecule has 4 heteroatoms. The van der Waals surface area contributed by atoms with Gasteiger partial charge in [-0.25, -0.2) is 0 Å². The molecule has 2 aliphatic heterocycles. The van der Waals surface area contributed by atoms with E-state index in [2.05, 4.69) is 145 Å². The second-order valence-corrected chi connectivity index (χ2v) is 14.8. The molecule has 248 valence electrons. The maximum atomic E-state index is 4.80. The number of benzene rings is 5. The lowest BCUT2D eigenvalue weighted by molar-refractivity contribution is 0.453. The summed E-state index contributed by atoms with van der Waals surface area (Å²) < 4.78 is 2.60. The first-order chi connectivity index (χ1) is 25.2. The molecule has 0 saturated carbocycles. The van der Waals surface area contributed by atoms with Crippen LogP contribution in [0.1, 0.15) is 68.3 Å². The first-order valence-electron chi connectivity index (χ1n) is 19.0. The van der Waals surface area contributed by atoms with Gasteiger partial charge in [0.15, 0.2) is 0 Å². The maximum absolute atomic E-state index is 4.80. The van der Waals surface area contributed by atoms with Crippen LogP contribution in [0.4, 0.5) is 17.1 Å². The number of hydrogen-bond acceptors (Lipinski definition) is 2. The van der Waals surface area contributed by atoms with Gasteiger partial charge in [-0.15, -0.1) is 0 Å². The number of rotatable bonds is 6. The number of aryl methyl sites for hydroxylation is 1. The quantitative estimate of drug-likeness (QED) is 0.166. The average molecular weight is 660 g/mol. The van der Waals surface area contributed by atoms with Gasteiger partial charge < -0.3 is 9.47 Å². The van der Waals surface area contributed by atoms with Crippen LogP contribution in [0, 0.1) is 0 Å². The lowest BCUT2D eigenvalue weighted by Crippen LogP contribution is -2.64. The van der Waals surface area contributed by atoms with Crippen molar-refractivity contribution in [1.29, 1.82) is 0 Å². The molecule has 0 amide bonds. The third-order valence-electron chi connectivity index (χ3n) is 12.3. The third-order valence-corrected chi connectivity index (χ3v) is 12.3. The predicted octanol–water partition coefficient (Wildman–Crippen LogP) is 9.68. The minimum atomic E-state index is -0.0934. The van der Waals surface area contributed by atoms with Gasteiger partial charge in [0.25, 0.3) is 0 Å². The zero-order valence-electron chi connectivity index (χ0n) is 29.6. The summed E-state index contributed by atoms with van der Waals surface area (Å²) in [5.74, 6) is 0. The van der Waals surface area contributed by atoms with Crippen LogP contribution in [-0.2, 0) is 18.3 Å².